The van der Waals surface area contributed by atoms with Gasteiger partial charge in [0.2, 0.25) is 5.91 Å². The maximum absolute atomic E-state index is 12.6. The zero-order valence-electron chi connectivity index (χ0n) is 16.4. The maximum Gasteiger partial charge on any atom is 0.325 e. The number of hydrogen-bond acceptors (Lipinski definition) is 2. The monoisotopic (exact) mass is 357 g/mol. The molecule has 0 bridgehead atoms. The van der Waals surface area contributed by atoms with Gasteiger partial charge in [0.15, 0.2) is 0 Å². The number of nitrogens with one attached hydrogen (secondary N) is 1. The van der Waals surface area contributed by atoms with Gasteiger partial charge in [-0.05, 0) is 49.7 Å². The van der Waals surface area contributed by atoms with E-state index >= 15 is 0 Å². The number of rotatable bonds is 4. The van der Waals surface area contributed by atoms with Gasteiger partial charge in [-0.2, -0.15) is 0 Å². The van der Waals surface area contributed by atoms with Crippen LogP contribution in [0.15, 0.2) is 24.3 Å². The summed E-state index contributed by atoms with van der Waals surface area (Å²) in [7, 11) is 0. The third-order valence-electron chi connectivity index (χ3n) is 5.53. The summed E-state index contributed by atoms with van der Waals surface area (Å²) in [5, 5.41) is 3.16. The van der Waals surface area contributed by atoms with E-state index in [9.17, 15) is 9.59 Å². The van der Waals surface area contributed by atoms with Crippen LogP contribution in [-0.4, -0.2) is 42.5 Å². The second kappa shape index (κ2) is 7.29. The summed E-state index contributed by atoms with van der Waals surface area (Å²) in [4.78, 5) is 28.5. The third-order valence-corrected chi connectivity index (χ3v) is 5.53. The molecule has 1 aromatic carbocycles. The van der Waals surface area contributed by atoms with Crippen molar-refractivity contribution in [2.24, 2.45) is 11.3 Å². The van der Waals surface area contributed by atoms with E-state index in [1.807, 2.05) is 31.2 Å². The van der Waals surface area contributed by atoms with E-state index < -0.39 is 0 Å². The van der Waals surface area contributed by atoms with Crippen LogP contribution in [0.5, 0.6) is 0 Å². The summed E-state index contributed by atoms with van der Waals surface area (Å²) in [6.45, 7) is 10.2. The summed E-state index contributed by atoms with van der Waals surface area (Å²) in [5.41, 5.74) is 2.33. The summed E-state index contributed by atoms with van der Waals surface area (Å²) < 4.78 is 0. The topological polar surface area (TPSA) is 52.6 Å². The molecule has 1 N–H and O–H groups in total. The molecule has 1 saturated heterocycles. The molecule has 1 aliphatic heterocycles. The predicted molar refractivity (Wildman–Crippen MR) is 104 cm³/mol. The number of hydrogen-bond donors (Lipinski definition) is 1. The molecule has 5 nitrogen and oxygen atoms in total. The molecule has 2 atom stereocenters. The Bertz CT molecular complexity index is 668. The van der Waals surface area contributed by atoms with E-state index in [0.29, 0.717) is 19.0 Å². The number of nitrogens with zero attached hydrogens (tertiary/aromatic N) is 2. The van der Waals surface area contributed by atoms with E-state index in [2.05, 4.69) is 26.1 Å². The third kappa shape index (κ3) is 4.37. The van der Waals surface area contributed by atoms with Crippen LogP contribution in [0, 0.1) is 18.3 Å². The fourth-order valence-electron chi connectivity index (χ4n) is 4.60. The molecular weight excluding hydrogens is 326 g/mol. The molecule has 142 valence electrons. The summed E-state index contributed by atoms with van der Waals surface area (Å²) >= 11 is 0. The van der Waals surface area contributed by atoms with Crippen LogP contribution in [0.3, 0.4) is 0 Å². The Labute approximate surface area is 156 Å². The minimum absolute atomic E-state index is 0.0426. The van der Waals surface area contributed by atoms with Crippen LogP contribution in [0.1, 0.15) is 45.6 Å². The van der Waals surface area contributed by atoms with Crippen molar-refractivity contribution in [1.82, 2.24) is 10.2 Å². The molecule has 0 aromatic heterocycles. The first-order valence-corrected chi connectivity index (χ1v) is 9.66. The smallest absolute Gasteiger partial charge is 0.325 e. The van der Waals surface area contributed by atoms with E-state index in [4.69, 9.17) is 0 Å². The second-order valence-corrected chi connectivity index (χ2v) is 8.87. The van der Waals surface area contributed by atoms with Gasteiger partial charge in [0, 0.05) is 24.8 Å². The highest BCUT2D eigenvalue weighted by atomic mass is 16.2. The first-order chi connectivity index (χ1) is 12.2. The average Bonchev–Trinajstić information content (AvgIpc) is 2.87. The van der Waals surface area contributed by atoms with Crippen molar-refractivity contribution in [2.75, 3.05) is 24.5 Å². The van der Waals surface area contributed by atoms with Crippen LogP contribution in [0.2, 0.25) is 0 Å². The Hall–Kier alpha value is -2.04. The zero-order valence-corrected chi connectivity index (χ0v) is 16.4. The van der Waals surface area contributed by atoms with Crippen LogP contribution >= 0.6 is 0 Å². The van der Waals surface area contributed by atoms with Crippen molar-refractivity contribution in [3.63, 3.8) is 0 Å². The SMILES string of the molecule is Cc1ccc(N2CCN(CC(=O)N[C@H]3C[C@H](C)CC(C)(C)C3)C2=O)cc1. The Morgan fingerprint density at radius 3 is 2.54 bits per heavy atom. The van der Waals surface area contributed by atoms with Crippen molar-refractivity contribution < 1.29 is 9.59 Å². The lowest BCUT2D eigenvalue weighted by Crippen LogP contribution is -2.47. The molecule has 0 unspecified atom stereocenters. The van der Waals surface area contributed by atoms with Gasteiger partial charge in [0.25, 0.3) is 0 Å². The maximum atomic E-state index is 12.6. The van der Waals surface area contributed by atoms with Crippen molar-refractivity contribution in [1.29, 1.82) is 0 Å². The van der Waals surface area contributed by atoms with E-state index in [0.717, 1.165) is 18.5 Å². The minimum atomic E-state index is -0.0821. The number of amides is 3. The molecule has 2 fully saturated rings. The van der Waals surface area contributed by atoms with Crippen molar-refractivity contribution in [3.05, 3.63) is 29.8 Å². The van der Waals surface area contributed by atoms with Crippen molar-refractivity contribution in [2.45, 2.75) is 53.0 Å². The van der Waals surface area contributed by atoms with Gasteiger partial charge >= 0.3 is 6.03 Å². The molecule has 1 aromatic rings. The number of carbonyl (C=O) groups is 2. The zero-order chi connectivity index (χ0) is 18.9. The Balaban J connectivity index is 1.55. The highest BCUT2D eigenvalue weighted by Crippen LogP contribution is 2.38. The van der Waals surface area contributed by atoms with Crippen molar-refractivity contribution >= 4 is 17.6 Å². The number of benzene rings is 1. The minimum Gasteiger partial charge on any atom is -0.352 e. The van der Waals surface area contributed by atoms with Crippen LogP contribution < -0.4 is 10.2 Å². The largest absolute Gasteiger partial charge is 0.352 e. The molecule has 3 amide bonds. The molecule has 0 spiro atoms. The highest BCUT2D eigenvalue weighted by Gasteiger charge is 2.34. The molecule has 2 aliphatic rings. The van der Waals surface area contributed by atoms with E-state index in [1.165, 1.54) is 12.0 Å². The molecule has 1 heterocycles. The van der Waals surface area contributed by atoms with Gasteiger partial charge in [0.05, 0.1) is 0 Å². The van der Waals surface area contributed by atoms with E-state index in [1.54, 1.807) is 9.80 Å². The van der Waals surface area contributed by atoms with E-state index in [-0.39, 0.29) is 29.9 Å². The average molecular weight is 357 g/mol. The van der Waals surface area contributed by atoms with Gasteiger partial charge in [-0.25, -0.2) is 4.79 Å². The van der Waals surface area contributed by atoms with Crippen LogP contribution in [0.4, 0.5) is 10.5 Å². The van der Waals surface area contributed by atoms with Crippen LogP contribution in [-0.2, 0) is 4.79 Å². The first kappa shape index (κ1) is 18.7. The number of aryl methyl sites for hydroxylation is 1. The number of carbonyl (C=O) groups excluding carboxylic acids is 2. The number of anilines is 1. The lowest BCUT2D eigenvalue weighted by molar-refractivity contribution is -0.122. The van der Waals surface area contributed by atoms with Crippen molar-refractivity contribution in [3.8, 4) is 0 Å². The fourth-order valence-corrected chi connectivity index (χ4v) is 4.60. The molecule has 1 aliphatic carbocycles. The lowest BCUT2D eigenvalue weighted by Gasteiger charge is -2.39. The lowest BCUT2D eigenvalue weighted by atomic mass is 9.70. The highest BCUT2D eigenvalue weighted by molar-refractivity contribution is 5.96. The Morgan fingerprint density at radius 1 is 1.19 bits per heavy atom. The van der Waals surface area contributed by atoms with Gasteiger partial charge in [-0.3, -0.25) is 9.69 Å². The molecule has 5 heteroatoms. The summed E-state index contributed by atoms with van der Waals surface area (Å²) in [6.07, 6.45) is 3.24. The molecular formula is C21H31N3O2. The quantitative estimate of drug-likeness (QED) is 0.896. The number of urea groups is 1. The van der Waals surface area contributed by atoms with Crippen LogP contribution in [0.25, 0.3) is 0 Å². The second-order valence-electron chi connectivity index (χ2n) is 8.87. The van der Waals surface area contributed by atoms with Gasteiger partial charge < -0.3 is 10.2 Å². The Kier molecular flexibility index (Phi) is 5.26. The molecule has 3 rings (SSSR count). The molecule has 0 radical (unpaired) electrons. The molecule has 26 heavy (non-hydrogen) atoms. The van der Waals surface area contributed by atoms with Gasteiger partial charge in [0.1, 0.15) is 6.54 Å². The standard InChI is InChI=1S/C21H31N3O2/c1-15-5-7-18(8-6-15)24-10-9-23(20(24)26)14-19(25)22-17-11-16(2)12-21(3,4)13-17/h5-8,16-17H,9-14H2,1-4H3,(H,22,25)/t16-,17-/m0/s1. The first-order valence-electron chi connectivity index (χ1n) is 9.66. The summed E-state index contributed by atoms with van der Waals surface area (Å²) in [6, 6.07) is 8.06. The normalized spacial score (nSPS) is 25.5. The predicted octanol–water partition coefficient (Wildman–Crippen LogP) is 3.57. The summed E-state index contributed by atoms with van der Waals surface area (Å²) in [5.74, 6) is 0.577. The van der Waals surface area contributed by atoms with Gasteiger partial charge in [-0.1, -0.05) is 38.5 Å². The fraction of sp³-hybridized carbons (Fsp3) is 0.619. The Morgan fingerprint density at radius 2 is 1.88 bits per heavy atom. The van der Waals surface area contributed by atoms with Gasteiger partial charge in [-0.15, -0.1) is 0 Å². The molecule has 1 saturated carbocycles.